The number of aliphatic hydroxyl groups excluding tert-OH is 1. The zero-order chi connectivity index (χ0) is 12.3. The van der Waals surface area contributed by atoms with E-state index >= 15 is 0 Å². The van der Waals surface area contributed by atoms with E-state index in [4.69, 9.17) is 11.8 Å². The van der Waals surface area contributed by atoms with Crippen LogP contribution >= 0.6 is 11.8 Å². The Morgan fingerprint density at radius 3 is 2.71 bits per heavy atom. The monoisotopic (exact) mass is 255 g/mol. The summed E-state index contributed by atoms with van der Waals surface area (Å²) < 4.78 is 1.20. The first-order valence-corrected chi connectivity index (χ1v) is 5.95. The minimum Gasteiger partial charge on any atom is -0.393 e. The van der Waals surface area contributed by atoms with E-state index in [0.717, 1.165) is 12.8 Å². The molecule has 1 aliphatic carbocycles. The van der Waals surface area contributed by atoms with Crippen molar-refractivity contribution in [3.05, 3.63) is 24.3 Å². The third kappa shape index (κ3) is 2.92. The van der Waals surface area contributed by atoms with Crippen LogP contribution in [0.1, 0.15) is 36.2 Å². The molecule has 1 aromatic heterocycles. The summed E-state index contributed by atoms with van der Waals surface area (Å²) in [6.07, 6.45) is 5.39. The molecule has 6 heteroatoms. The Morgan fingerprint density at radius 1 is 1.41 bits per heavy atom. The quantitative estimate of drug-likeness (QED) is 0.811. The lowest BCUT2D eigenvalue weighted by Gasteiger charge is -2.30. The van der Waals surface area contributed by atoms with Gasteiger partial charge in [0, 0.05) is 24.0 Å². The fraction of sp³-hybridized carbons (Fsp3) is 0.545. The summed E-state index contributed by atoms with van der Waals surface area (Å²) in [7, 11) is 0. The number of aromatic nitrogens is 2. The van der Waals surface area contributed by atoms with Crippen LogP contribution in [0, 0.1) is 0 Å². The molecular weight excluding hydrogens is 242 g/mol. The number of hydrogen-bond acceptors (Lipinski definition) is 4. The predicted octanol–water partition coefficient (Wildman–Crippen LogP) is 1.38. The van der Waals surface area contributed by atoms with Crippen LogP contribution in [-0.2, 0) is 0 Å². The number of rotatable bonds is 2. The number of amides is 1. The van der Waals surface area contributed by atoms with Crippen molar-refractivity contribution in [1.29, 1.82) is 0 Å². The summed E-state index contributed by atoms with van der Waals surface area (Å²) in [5.74, 6) is -0.310. The first-order valence-electron chi connectivity index (χ1n) is 5.62. The van der Waals surface area contributed by atoms with Gasteiger partial charge in [0.25, 0.3) is 5.91 Å². The van der Waals surface area contributed by atoms with E-state index in [1.165, 1.54) is 23.0 Å². The van der Waals surface area contributed by atoms with E-state index in [9.17, 15) is 9.90 Å². The highest BCUT2D eigenvalue weighted by atomic mass is 35.5. The maximum atomic E-state index is 12.0. The van der Waals surface area contributed by atoms with Crippen molar-refractivity contribution in [1.82, 2.24) is 14.4 Å². The second-order valence-corrected chi connectivity index (χ2v) is 4.54. The Bertz CT molecular complexity index is 380. The van der Waals surface area contributed by atoms with E-state index in [-0.39, 0.29) is 18.1 Å². The predicted molar refractivity (Wildman–Crippen MR) is 62.3 cm³/mol. The van der Waals surface area contributed by atoms with Gasteiger partial charge in [-0.05, 0) is 31.7 Å². The van der Waals surface area contributed by atoms with Crippen molar-refractivity contribution in [2.24, 2.45) is 0 Å². The fourth-order valence-corrected chi connectivity index (χ4v) is 2.26. The average Bonchev–Trinajstić information content (AvgIpc) is 2.39. The Balaban J connectivity index is 2.00. The lowest BCUT2D eigenvalue weighted by molar-refractivity contribution is 0.0693. The van der Waals surface area contributed by atoms with Gasteiger partial charge in [-0.2, -0.15) is 0 Å². The van der Waals surface area contributed by atoms with E-state index < -0.39 is 0 Å². The van der Waals surface area contributed by atoms with Crippen molar-refractivity contribution in [3.63, 3.8) is 0 Å². The second kappa shape index (κ2) is 5.42. The van der Waals surface area contributed by atoms with Gasteiger partial charge in [-0.3, -0.25) is 4.79 Å². The first kappa shape index (κ1) is 12.3. The van der Waals surface area contributed by atoms with E-state index in [1.54, 1.807) is 0 Å². The van der Waals surface area contributed by atoms with Gasteiger partial charge in [-0.25, -0.2) is 14.4 Å². The Hall–Kier alpha value is -1.20. The number of carbonyl (C=O) groups excluding carboxylic acids is 1. The molecule has 1 amide bonds. The first-order chi connectivity index (χ1) is 8.18. The highest BCUT2D eigenvalue weighted by molar-refractivity contribution is 6.24. The number of carbonyl (C=O) groups is 1. The normalized spacial score (nSPS) is 24.4. The SMILES string of the molecule is O=C(c1ccncn1)N(Cl)C1CCC(O)CC1. The second-order valence-electron chi connectivity index (χ2n) is 4.17. The molecule has 92 valence electrons. The molecule has 0 spiro atoms. The minimum atomic E-state index is -0.310. The van der Waals surface area contributed by atoms with Crippen LogP contribution in [0.25, 0.3) is 0 Å². The molecule has 1 saturated carbocycles. The standard InChI is InChI=1S/C11H14ClN3O2/c12-15(8-1-3-9(16)4-2-8)11(17)10-5-6-13-7-14-10/h5-9,16H,1-4H2. The molecule has 0 bridgehead atoms. The number of aliphatic hydroxyl groups is 1. The van der Waals surface area contributed by atoms with Gasteiger partial charge in [-0.1, -0.05) is 0 Å². The summed E-state index contributed by atoms with van der Waals surface area (Å²) >= 11 is 6.03. The molecule has 0 radical (unpaired) electrons. The van der Waals surface area contributed by atoms with Crippen LogP contribution in [0.2, 0.25) is 0 Å². The maximum Gasteiger partial charge on any atom is 0.287 e. The molecule has 1 fully saturated rings. The van der Waals surface area contributed by atoms with Crippen molar-refractivity contribution in [2.75, 3.05) is 0 Å². The number of hydrogen-bond donors (Lipinski definition) is 1. The van der Waals surface area contributed by atoms with Crippen LogP contribution in [0.4, 0.5) is 0 Å². The Morgan fingerprint density at radius 2 is 2.12 bits per heavy atom. The Labute approximate surface area is 105 Å². The minimum absolute atomic E-state index is 0.0254. The fourth-order valence-electron chi connectivity index (χ4n) is 1.98. The molecular formula is C11H14ClN3O2. The van der Waals surface area contributed by atoms with Crippen molar-refractivity contribution in [3.8, 4) is 0 Å². The molecule has 1 heterocycles. The molecule has 1 N–H and O–H groups in total. The third-order valence-electron chi connectivity index (χ3n) is 2.98. The molecule has 1 aromatic rings. The lowest BCUT2D eigenvalue weighted by Crippen LogP contribution is -2.37. The molecule has 0 saturated heterocycles. The topological polar surface area (TPSA) is 66.3 Å². The van der Waals surface area contributed by atoms with Gasteiger partial charge in [0.05, 0.1) is 6.10 Å². The maximum absolute atomic E-state index is 12.0. The van der Waals surface area contributed by atoms with E-state index in [0.29, 0.717) is 18.5 Å². The summed E-state index contributed by atoms with van der Waals surface area (Å²) in [6.45, 7) is 0. The Kier molecular flexibility index (Phi) is 3.91. The third-order valence-corrected chi connectivity index (χ3v) is 3.41. The summed E-state index contributed by atoms with van der Waals surface area (Å²) in [5, 5.41) is 9.40. The average molecular weight is 256 g/mol. The molecule has 0 aromatic carbocycles. The van der Waals surface area contributed by atoms with Crippen molar-refractivity contribution in [2.45, 2.75) is 37.8 Å². The zero-order valence-electron chi connectivity index (χ0n) is 9.29. The van der Waals surface area contributed by atoms with Crippen LogP contribution in [0.3, 0.4) is 0 Å². The van der Waals surface area contributed by atoms with Crippen LogP contribution in [0.5, 0.6) is 0 Å². The van der Waals surface area contributed by atoms with Crippen LogP contribution in [0.15, 0.2) is 18.6 Å². The lowest BCUT2D eigenvalue weighted by atomic mass is 9.93. The highest BCUT2D eigenvalue weighted by Crippen LogP contribution is 2.25. The smallest absolute Gasteiger partial charge is 0.287 e. The molecule has 0 unspecified atom stereocenters. The van der Waals surface area contributed by atoms with Crippen LogP contribution in [-0.4, -0.2) is 37.5 Å². The summed E-state index contributed by atoms with van der Waals surface area (Å²) in [6, 6.07) is 1.51. The van der Waals surface area contributed by atoms with Gasteiger partial charge in [0.15, 0.2) is 0 Å². The zero-order valence-corrected chi connectivity index (χ0v) is 10.0. The number of nitrogens with zero attached hydrogens (tertiary/aromatic N) is 3. The van der Waals surface area contributed by atoms with Gasteiger partial charge in [0.2, 0.25) is 0 Å². The van der Waals surface area contributed by atoms with Gasteiger partial charge < -0.3 is 5.11 Å². The van der Waals surface area contributed by atoms with E-state index in [1.807, 2.05) is 0 Å². The molecule has 2 rings (SSSR count). The van der Waals surface area contributed by atoms with Gasteiger partial charge >= 0.3 is 0 Å². The molecule has 0 aliphatic heterocycles. The van der Waals surface area contributed by atoms with E-state index in [2.05, 4.69) is 9.97 Å². The summed E-state index contributed by atoms with van der Waals surface area (Å²) in [4.78, 5) is 19.6. The van der Waals surface area contributed by atoms with Crippen LogP contribution < -0.4 is 0 Å². The van der Waals surface area contributed by atoms with Gasteiger partial charge in [0.1, 0.15) is 12.0 Å². The van der Waals surface area contributed by atoms with Gasteiger partial charge in [-0.15, -0.1) is 0 Å². The summed E-state index contributed by atoms with van der Waals surface area (Å²) in [5.41, 5.74) is 0.293. The van der Waals surface area contributed by atoms with Crippen molar-refractivity contribution < 1.29 is 9.90 Å². The molecule has 0 atom stereocenters. The molecule has 1 aliphatic rings. The largest absolute Gasteiger partial charge is 0.393 e. The highest BCUT2D eigenvalue weighted by Gasteiger charge is 2.28. The number of halogens is 1. The molecule has 5 nitrogen and oxygen atoms in total. The molecule has 17 heavy (non-hydrogen) atoms. The van der Waals surface area contributed by atoms with Crippen molar-refractivity contribution >= 4 is 17.7 Å².